The van der Waals surface area contributed by atoms with E-state index in [2.05, 4.69) is 9.97 Å². The highest BCUT2D eigenvalue weighted by Gasteiger charge is 2.04. The lowest BCUT2D eigenvalue weighted by Crippen LogP contribution is -2.15. The molecule has 1 aromatic heterocycles. The summed E-state index contributed by atoms with van der Waals surface area (Å²) in [7, 11) is 3.74. The molecule has 0 saturated carbocycles. The Bertz CT molecular complexity index is 302. The summed E-state index contributed by atoms with van der Waals surface area (Å²) < 4.78 is 5.17. The second-order valence-electron chi connectivity index (χ2n) is 2.97. The predicted octanol–water partition coefficient (Wildman–Crippen LogP) is -0.538. The quantitative estimate of drug-likeness (QED) is 0.674. The molecule has 0 bridgehead atoms. The van der Waals surface area contributed by atoms with Gasteiger partial charge in [0.2, 0.25) is 0 Å². The minimum Gasteiger partial charge on any atom is -0.462 e. The first-order chi connectivity index (χ1) is 6.63. The third-order valence-corrected chi connectivity index (χ3v) is 1.52. The molecule has 0 radical (unpaired) electrons. The van der Waals surface area contributed by atoms with Gasteiger partial charge in [-0.15, -0.1) is 0 Å². The largest absolute Gasteiger partial charge is 0.462 e. The van der Waals surface area contributed by atoms with Crippen molar-refractivity contribution < 1.29 is 4.74 Å². The second-order valence-corrected chi connectivity index (χ2v) is 2.97. The number of hydrogen-bond acceptors (Lipinski definition) is 6. The van der Waals surface area contributed by atoms with Crippen LogP contribution < -0.4 is 21.1 Å². The van der Waals surface area contributed by atoms with Crippen molar-refractivity contribution in [2.24, 2.45) is 5.73 Å². The third kappa shape index (κ3) is 2.74. The Kier molecular flexibility index (Phi) is 3.47. The van der Waals surface area contributed by atoms with Crippen LogP contribution >= 0.6 is 0 Å². The van der Waals surface area contributed by atoms with Gasteiger partial charge in [-0.05, 0) is 0 Å². The van der Waals surface area contributed by atoms with Gasteiger partial charge in [-0.2, -0.15) is 9.97 Å². The van der Waals surface area contributed by atoms with Gasteiger partial charge in [-0.3, -0.25) is 0 Å². The first kappa shape index (κ1) is 10.5. The van der Waals surface area contributed by atoms with Crippen molar-refractivity contribution >= 4 is 11.6 Å². The molecule has 4 N–H and O–H groups in total. The van der Waals surface area contributed by atoms with Gasteiger partial charge in [-0.25, -0.2) is 0 Å². The number of rotatable bonds is 4. The van der Waals surface area contributed by atoms with E-state index < -0.39 is 0 Å². The zero-order chi connectivity index (χ0) is 10.6. The normalized spacial score (nSPS) is 9.93. The third-order valence-electron chi connectivity index (χ3n) is 1.52. The first-order valence-corrected chi connectivity index (χ1v) is 4.28. The van der Waals surface area contributed by atoms with Crippen LogP contribution in [0.1, 0.15) is 0 Å². The van der Waals surface area contributed by atoms with E-state index in [4.69, 9.17) is 16.2 Å². The van der Waals surface area contributed by atoms with Gasteiger partial charge in [0, 0.05) is 26.7 Å². The second kappa shape index (κ2) is 4.61. The van der Waals surface area contributed by atoms with Crippen LogP contribution in [0.3, 0.4) is 0 Å². The van der Waals surface area contributed by atoms with Gasteiger partial charge in [0.1, 0.15) is 18.2 Å². The van der Waals surface area contributed by atoms with E-state index >= 15 is 0 Å². The average Bonchev–Trinajstić information content (AvgIpc) is 2.14. The number of nitrogens with zero attached hydrogens (tertiary/aromatic N) is 3. The predicted molar refractivity (Wildman–Crippen MR) is 55.3 cm³/mol. The first-order valence-electron chi connectivity index (χ1n) is 4.28. The summed E-state index contributed by atoms with van der Waals surface area (Å²) in [5.41, 5.74) is 10.9. The van der Waals surface area contributed by atoms with Crippen molar-refractivity contribution in [1.29, 1.82) is 0 Å². The Morgan fingerprint density at radius 3 is 2.71 bits per heavy atom. The maximum atomic E-state index is 5.58. The van der Waals surface area contributed by atoms with Gasteiger partial charge in [0.15, 0.2) is 0 Å². The molecule has 0 aliphatic carbocycles. The molecule has 0 aromatic carbocycles. The summed E-state index contributed by atoms with van der Waals surface area (Å²) >= 11 is 0. The van der Waals surface area contributed by atoms with E-state index in [0.717, 1.165) is 0 Å². The minimum absolute atomic E-state index is 0.263. The van der Waals surface area contributed by atoms with E-state index in [9.17, 15) is 0 Å². The van der Waals surface area contributed by atoms with Crippen LogP contribution in [0.2, 0.25) is 0 Å². The lowest BCUT2D eigenvalue weighted by Gasteiger charge is -2.12. The van der Waals surface area contributed by atoms with Crippen LogP contribution in [-0.4, -0.2) is 37.2 Å². The zero-order valence-corrected chi connectivity index (χ0v) is 8.40. The number of hydrogen-bond donors (Lipinski definition) is 2. The summed E-state index contributed by atoms with van der Waals surface area (Å²) in [4.78, 5) is 9.87. The summed E-state index contributed by atoms with van der Waals surface area (Å²) in [6.45, 7) is 0.811. The van der Waals surface area contributed by atoms with Crippen molar-refractivity contribution in [2.75, 3.05) is 37.9 Å². The monoisotopic (exact) mass is 197 g/mol. The smallest absolute Gasteiger partial charge is 0.320 e. The van der Waals surface area contributed by atoms with Crippen LogP contribution in [0.4, 0.5) is 11.6 Å². The van der Waals surface area contributed by atoms with Gasteiger partial charge in [-0.1, -0.05) is 0 Å². The summed E-state index contributed by atoms with van der Waals surface area (Å²) in [5.74, 6) is 1.10. The van der Waals surface area contributed by atoms with Crippen LogP contribution in [0.25, 0.3) is 0 Å². The van der Waals surface area contributed by atoms with E-state index in [1.807, 2.05) is 19.0 Å². The highest BCUT2D eigenvalue weighted by molar-refractivity contribution is 5.46. The Hall–Kier alpha value is -1.56. The van der Waals surface area contributed by atoms with Crippen LogP contribution in [0.15, 0.2) is 6.07 Å². The summed E-state index contributed by atoms with van der Waals surface area (Å²) in [6, 6.07) is 1.94. The van der Waals surface area contributed by atoms with Crippen molar-refractivity contribution in [3.05, 3.63) is 6.07 Å². The summed E-state index contributed by atoms with van der Waals surface area (Å²) in [5, 5.41) is 0. The zero-order valence-electron chi connectivity index (χ0n) is 8.40. The van der Waals surface area contributed by atoms with Crippen molar-refractivity contribution in [2.45, 2.75) is 0 Å². The number of nitrogens with two attached hydrogens (primary N) is 2. The van der Waals surface area contributed by atoms with Crippen LogP contribution in [-0.2, 0) is 0 Å². The molecule has 14 heavy (non-hydrogen) atoms. The van der Waals surface area contributed by atoms with E-state index in [1.165, 1.54) is 0 Å². The molecule has 0 amide bonds. The number of nitrogen functional groups attached to an aromatic ring is 1. The van der Waals surface area contributed by atoms with Crippen molar-refractivity contribution in [3.8, 4) is 6.01 Å². The molecule has 78 valence electrons. The lowest BCUT2D eigenvalue weighted by molar-refractivity contribution is 0.303. The van der Waals surface area contributed by atoms with Gasteiger partial charge >= 0.3 is 6.01 Å². The van der Waals surface area contributed by atoms with E-state index in [0.29, 0.717) is 24.8 Å². The molecule has 6 nitrogen and oxygen atoms in total. The van der Waals surface area contributed by atoms with Gasteiger partial charge in [0.05, 0.1) is 0 Å². The Balaban J connectivity index is 2.84. The minimum atomic E-state index is 0.263. The SMILES string of the molecule is CN(C)c1cc(N)nc(OCCN)n1. The van der Waals surface area contributed by atoms with E-state index in [1.54, 1.807) is 6.07 Å². The van der Waals surface area contributed by atoms with Crippen LogP contribution in [0.5, 0.6) is 6.01 Å². The number of aromatic nitrogens is 2. The molecule has 0 atom stereocenters. The van der Waals surface area contributed by atoms with Gasteiger partial charge < -0.3 is 21.1 Å². The standard InChI is InChI=1S/C8H15N5O/c1-13(2)7-5-6(10)11-8(12-7)14-4-3-9/h5H,3-4,9H2,1-2H3,(H2,10,11,12). The fraction of sp³-hybridized carbons (Fsp3) is 0.500. The Labute approximate surface area is 82.9 Å². The molecule has 0 saturated heterocycles. The average molecular weight is 197 g/mol. The molecule has 0 fully saturated rings. The maximum Gasteiger partial charge on any atom is 0.320 e. The molecule has 1 aromatic rings. The topological polar surface area (TPSA) is 90.3 Å². The molecule has 0 aliphatic heterocycles. The fourth-order valence-corrected chi connectivity index (χ4v) is 0.874. The summed E-state index contributed by atoms with van der Waals surface area (Å²) in [6.07, 6.45) is 0. The maximum absolute atomic E-state index is 5.58. The van der Waals surface area contributed by atoms with Crippen molar-refractivity contribution in [1.82, 2.24) is 9.97 Å². The Morgan fingerprint density at radius 2 is 2.14 bits per heavy atom. The number of ether oxygens (including phenoxy) is 1. The molecule has 6 heteroatoms. The van der Waals surface area contributed by atoms with E-state index in [-0.39, 0.29) is 6.01 Å². The Morgan fingerprint density at radius 1 is 1.43 bits per heavy atom. The molecule has 0 unspecified atom stereocenters. The fourth-order valence-electron chi connectivity index (χ4n) is 0.874. The molecule has 0 spiro atoms. The molecule has 1 heterocycles. The molecular weight excluding hydrogens is 182 g/mol. The molecular formula is C8H15N5O. The molecule has 0 aliphatic rings. The van der Waals surface area contributed by atoms with Crippen LogP contribution in [0, 0.1) is 0 Å². The number of anilines is 2. The molecule has 1 rings (SSSR count). The lowest BCUT2D eigenvalue weighted by atomic mass is 10.5. The van der Waals surface area contributed by atoms with Crippen molar-refractivity contribution in [3.63, 3.8) is 0 Å². The highest BCUT2D eigenvalue weighted by Crippen LogP contribution is 2.14. The highest BCUT2D eigenvalue weighted by atomic mass is 16.5. The van der Waals surface area contributed by atoms with Gasteiger partial charge in [0.25, 0.3) is 0 Å².